The SMILES string of the molecule is CCOC(=O)C1CCCN(c2nc(Nc3cc(OC)c(OC)c(OC)c3)ncc2Cl)C1. The second-order valence-corrected chi connectivity index (χ2v) is 7.35. The van der Waals surface area contributed by atoms with Crippen molar-refractivity contribution in [3.8, 4) is 17.2 Å². The van der Waals surface area contributed by atoms with E-state index in [1.807, 2.05) is 4.90 Å². The zero-order valence-electron chi connectivity index (χ0n) is 18.1. The molecule has 168 valence electrons. The average molecular weight is 451 g/mol. The Bertz CT molecular complexity index is 902. The van der Waals surface area contributed by atoms with Crippen LogP contribution < -0.4 is 24.4 Å². The quantitative estimate of drug-likeness (QED) is 0.604. The predicted molar refractivity (Wildman–Crippen MR) is 118 cm³/mol. The summed E-state index contributed by atoms with van der Waals surface area (Å²) in [5.41, 5.74) is 0.658. The van der Waals surface area contributed by atoms with Gasteiger partial charge >= 0.3 is 5.97 Å². The van der Waals surface area contributed by atoms with Gasteiger partial charge in [-0.05, 0) is 19.8 Å². The number of aromatic nitrogens is 2. The Balaban J connectivity index is 1.84. The number of esters is 1. The molecule has 0 aliphatic carbocycles. The number of nitrogens with one attached hydrogen (secondary N) is 1. The van der Waals surface area contributed by atoms with Gasteiger partial charge in [0.1, 0.15) is 5.02 Å². The number of hydrogen-bond donors (Lipinski definition) is 1. The Morgan fingerprint density at radius 2 is 1.94 bits per heavy atom. The summed E-state index contributed by atoms with van der Waals surface area (Å²) in [5.74, 6) is 2.04. The number of ether oxygens (including phenoxy) is 4. The largest absolute Gasteiger partial charge is 0.493 e. The van der Waals surface area contributed by atoms with Crippen LogP contribution in [0, 0.1) is 5.92 Å². The summed E-state index contributed by atoms with van der Waals surface area (Å²) >= 11 is 6.39. The third-order valence-corrected chi connectivity index (χ3v) is 5.25. The maximum Gasteiger partial charge on any atom is 0.310 e. The highest BCUT2D eigenvalue weighted by Gasteiger charge is 2.29. The molecular formula is C21H27ClN4O5. The number of anilines is 3. The van der Waals surface area contributed by atoms with E-state index in [0.29, 0.717) is 52.9 Å². The average Bonchev–Trinajstić information content (AvgIpc) is 2.79. The molecule has 1 atom stereocenters. The molecule has 0 bridgehead atoms. The van der Waals surface area contributed by atoms with Crippen molar-refractivity contribution in [2.75, 3.05) is 51.2 Å². The first-order valence-corrected chi connectivity index (χ1v) is 10.4. The smallest absolute Gasteiger partial charge is 0.310 e. The van der Waals surface area contributed by atoms with Gasteiger partial charge in [-0.3, -0.25) is 4.79 Å². The summed E-state index contributed by atoms with van der Waals surface area (Å²) < 4.78 is 21.3. The fourth-order valence-corrected chi connectivity index (χ4v) is 3.76. The van der Waals surface area contributed by atoms with Gasteiger partial charge in [0.25, 0.3) is 0 Å². The van der Waals surface area contributed by atoms with Crippen molar-refractivity contribution < 1.29 is 23.7 Å². The number of piperidine rings is 1. The van der Waals surface area contributed by atoms with Gasteiger partial charge in [-0.2, -0.15) is 4.98 Å². The van der Waals surface area contributed by atoms with E-state index < -0.39 is 0 Å². The van der Waals surface area contributed by atoms with E-state index in [1.54, 1.807) is 40.4 Å². The zero-order valence-corrected chi connectivity index (χ0v) is 18.9. The van der Waals surface area contributed by atoms with E-state index in [-0.39, 0.29) is 11.9 Å². The molecular weight excluding hydrogens is 424 g/mol. The lowest BCUT2D eigenvalue weighted by Gasteiger charge is -2.32. The molecule has 10 heteroatoms. The Labute approximate surface area is 186 Å². The maximum absolute atomic E-state index is 12.2. The van der Waals surface area contributed by atoms with E-state index in [2.05, 4.69) is 15.3 Å². The van der Waals surface area contributed by atoms with Crippen molar-refractivity contribution >= 4 is 35.0 Å². The summed E-state index contributed by atoms with van der Waals surface area (Å²) in [6.07, 6.45) is 3.17. The molecule has 0 amide bonds. The van der Waals surface area contributed by atoms with Crippen molar-refractivity contribution in [2.24, 2.45) is 5.92 Å². The maximum atomic E-state index is 12.2. The molecule has 9 nitrogen and oxygen atoms in total. The molecule has 1 aliphatic heterocycles. The molecule has 0 saturated carbocycles. The Morgan fingerprint density at radius 3 is 2.55 bits per heavy atom. The van der Waals surface area contributed by atoms with Crippen LogP contribution >= 0.6 is 11.6 Å². The van der Waals surface area contributed by atoms with Gasteiger partial charge < -0.3 is 29.2 Å². The summed E-state index contributed by atoms with van der Waals surface area (Å²) in [4.78, 5) is 23.0. The van der Waals surface area contributed by atoms with Crippen molar-refractivity contribution in [2.45, 2.75) is 19.8 Å². The third-order valence-electron chi connectivity index (χ3n) is 4.99. The van der Waals surface area contributed by atoms with Gasteiger partial charge in [0, 0.05) is 30.9 Å². The van der Waals surface area contributed by atoms with E-state index in [0.717, 1.165) is 19.4 Å². The lowest BCUT2D eigenvalue weighted by atomic mass is 9.98. The van der Waals surface area contributed by atoms with E-state index in [1.165, 1.54) is 6.20 Å². The first kappa shape index (κ1) is 22.7. The minimum atomic E-state index is -0.203. The molecule has 1 saturated heterocycles. The molecule has 2 aromatic rings. The van der Waals surface area contributed by atoms with Gasteiger partial charge in [0.15, 0.2) is 17.3 Å². The molecule has 1 aromatic carbocycles. The number of benzene rings is 1. The number of halogens is 1. The number of carbonyl (C=O) groups is 1. The first-order chi connectivity index (χ1) is 15.0. The number of rotatable bonds is 8. The van der Waals surface area contributed by atoms with Crippen LogP contribution in [0.15, 0.2) is 18.3 Å². The number of nitrogens with zero attached hydrogens (tertiary/aromatic N) is 3. The van der Waals surface area contributed by atoms with Crippen LogP contribution in [0.1, 0.15) is 19.8 Å². The Morgan fingerprint density at radius 1 is 1.23 bits per heavy atom. The van der Waals surface area contributed by atoms with Crippen molar-refractivity contribution in [1.29, 1.82) is 0 Å². The van der Waals surface area contributed by atoms with E-state index >= 15 is 0 Å². The zero-order chi connectivity index (χ0) is 22.4. The highest BCUT2D eigenvalue weighted by Crippen LogP contribution is 2.40. The van der Waals surface area contributed by atoms with Gasteiger partial charge in [-0.25, -0.2) is 4.98 Å². The van der Waals surface area contributed by atoms with Crippen LogP contribution in [0.25, 0.3) is 0 Å². The summed E-state index contributed by atoms with van der Waals surface area (Å²) in [6, 6.07) is 3.52. The second-order valence-electron chi connectivity index (χ2n) is 6.94. The molecule has 0 spiro atoms. The van der Waals surface area contributed by atoms with Gasteiger partial charge in [-0.1, -0.05) is 11.6 Å². The monoisotopic (exact) mass is 450 g/mol. The predicted octanol–water partition coefficient (Wildman–Crippen LogP) is 3.68. The fraction of sp³-hybridized carbons (Fsp3) is 0.476. The van der Waals surface area contributed by atoms with Crippen LogP contribution in [0.3, 0.4) is 0 Å². The fourth-order valence-electron chi connectivity index (χ4n) is 3.54. The van der Waals surface area contributed by atoms with Gasteiger partial charge in [0.2, 0.25) is 11.7 Å². The summed E-state index contributed by atoms with van der Waals surface area (Å²) in [7, 11) is 4.65. The number of carbonyl (C=O) groups excluding carboxylic acids is 1. The Hall–Kier alpha value is -2.94. The van der Waals surface area contributed by atoms with Crippen molar-refractivity contribution in [3.05, 3.63) is 23.4 Å². The standard InChI is InChI=1S/C21H27ClN4O5/c1-5-31-20(27)13-7-6-8-26(12-13)19-15(22)11-23-21(25-19)24-14-9-16(28-2)18(30-4)17(10-14)29-3/h9-11,13H,5-8,12H2,1-4H3,(H,23,24,25). The first-order valence-electron chi connectivity index (χ1n) is 10.0. The molecule has 1 aliphatic rings. The number of hydrogen-bond acceptors (Lipinski definition) is 9. The lowest BCUT2D eigenvalue weighted by molar-refractivity contribution is -0.148. The number of methoxy groups -OCH3 is 3. The highest BCUT2D eigenvalue weighted by atomic mass is 35.5. The van der Waals surface area contributed by atoms with Crippen LogP contribution in [0.5, 0.6) is 17.2 Å². The van der Waals surface area contributed by atoms with Crippen molar-refractivity contribution in [1.82, 2.24) is 9.97 Å². The topological polar surface area (TPSA) is 95.0 Å². The second kappa shape index (κ2) is 10.4. The molecule has 1 N–H and O–H groups in total. The van der Waals surface area contributed by atoms with Gasteiger partial charge in [-0.15, -0.1) is 0 Å². The van der Waals surface area contributed by atoms with E-state index in [9.17, 15) is 4.79 Å². The molecule has 1 unspecified atom stereocenters. The normalized spacial score (nSPS) is 15.9. The Kier molecular flexibility index (Phi) is 7.62. The van der Waals surface area contributed by atoms with Crippen LogP contribution in [-0.4, -0.2) is 57.0 Å². The molecule has 2 heterocycles. The molecule has 1 aromatic heterocycles. The van der Waals surface area contributed by atoms with Crippen LogP contribution in [0.4, 0.5) is 17.5 Å². The summed E-state index contributed by atoms with van der Waals surface area (Å²) in [5, 5.41) is 3.57. The van der Waals surface area contributed by atoms with Crippen LogP contribution in [-0.2, 0) is 9.53 Å². The molecule has 3 rings (SSSR count). The van der Waals surface area contributed by atoms with E-state index in [4.69, 9.17) is 30.5 Å². The highest BCUT2D eigenvalue weighted by molar-refractivity contribution is 6.32. The summed E-state index contributed by atoms with van der Waals surface area (Å²) in [6.45, 7) is 3.42. The minimum absolute atomic E-state index is 0.187. The third kappa shape index (κ3) is 5.22. The molecule has 31 heavy (non-hydrogen) atoms. The molecule has 0 radical (unpaired) electrons. The van der Waals surface area contributed by atoms with Crippen LogP contribution in [0.2, 0.25) is 5.02 Å². The molecule has 1 fully saturated rings. The lowest BCUT2D eigenvalue weighted by Crippen LogP contribution is -2.40. The van der Waals surface area contributed by atoms with Crippen molar-refractivity contribution in [3.63, 3.8) is 0 Å². The van der Waals surface area contributed by atoms with Gasteiger partial charge in [0.05, 0.1) is 40.1 Å². The minimum Gasteiger partial charge on any atom is -0.493 e.